The smallest absolute Gasteiger partial charge is 0.237 e. The van der Waals surface area contributed by atoms with Crippen molar-refractivity contribution in [2.45, 2.75) is 72.6 Å². The molecule has 0 saturated heterocycles. The quantitative estimate of drug-likeness (QED) is 0.351. The van der Waals surface area contributed by atoms with E-state index in [4.69, 9.17) is 0 Å². The molecule has 9 heteroatoms. The molecule has 0 aromatic rings. The van der Waals surface area contributed by atoms with Gasteiger partial charge in [-0.1, -0.05) is 27.7 Å². The molecule has 1 radical (unpaired) electrons. The molecule has 147 valence electrons. The second kappa shape index (κ2) is 13.2. The summed E-state index contributed by atoms with van der Waals surface area (Å²) in [5.74, 6) is -1.70. The van der Waals surface area contributed by atoms with Crippen LogP contribution in [0.4, 0.5) is 0 Å². The summed E-state index contributed by atoms with van der Waals surface area (Å²) < 4.78 is 0. The van der Waals surface area contributed by atoms with E-state index in [0.717, 1.165) is 6.54 Å². The van der Waals surface area contributed by atoms with E-state index in [1.54, 1.807) is 27.7 Å². The fourth-order valence-electron chi connectivity index (χ4n) is 2.07. The second-order valence-electron chi connectivity index (χ2n) is 6.71. The molecule has 26 heavy (non-hydrogen) atoms. The predicted molar refractivity (Wildman–Crippen MR) is 95.2 cm³/mol. The molecule has 8 nitrogen and oxygen atoms in total. The summed E-state index contributed by atoms with van der Waals surface area (Å²) in [4.78, 5) is 47.3. The van der Waals surface area contributed by atoms with Crippen LogP contribution in [-0.4, -0.2) is 47.7 Å². The first-order valence-electron chi connectivity index (χ1n) is 8.49. The number of hydrogen-bond acceptors (Lipinski definition) is 5. The van der Waals surface area contributed by atoms with Crippen molar-refractivity contribution in [2.24, 2.45) is 5.92 Å². The summed E-state index contributed by atoms with van der Waals surface area (Å²) in [5.41, 5.74) is 0. The van der Waals surface area contributed by atoms with E-state index in [9.17, 15) is 19.2 Å². The molecule has 0 aliphatic rings. The van der Waals surface area contributed by atoms with Gasteiger partial charge < -0.3 is 26.1 Å². The molecule has 0 aliphatic carbocycles. The molecular formula is C17H31N4O4Y-. The first-order chi connectivity index (χ1) is 11.5. The number of ketones is 1. The van der Waals surface area contributed by atoms with Gasteiger partial charge in [0.15, 0.2) is 5.78 Å². The van der Waals surface area contributed by atoms with Crippen LogP contribution in [0.25, 0.3) is 0 Å². The summed E-state index contributed by atoms with van der Waals surface area (Å²) in [6.07, 6.45) is 0. The van der Waals surface area contributed by atoms with Gasteiger partial charge in [0.25, 0.3) is 0 Å². The van der Waals surface area contributed by atoms with Crippen LogP contribution in [0.1, 0.15) is 48.5 Å². The molecule has 0 spiro atoms. The molecule has 3 amide bonds. The van der Waals surface area contributed by atoms with Crippen molar-refractivity contribution in [3.63, 3.8) is 0 Å². The summed E-state index contributed by atoms with van der Waals surface area (Å²) in [6.45, 7) is 13.1. The molecule has 0 unspecified atom stereocenters. The van der Waals surface area contributed by atoms with Crippen LogP contribution >= 0.6 is 0 Å². The van der Waals surface area contributed by atoms with E-state index in [1.807, 2.05) is 13.8 Å². The van der Waals surface area contributed by atoms with Crippen LogP contribution in [0.3, 0.4) is 0 Å². The Labute approximate surface area is 181 Å². The van der Waals surface area contributed by atoms with Crippen LogP contribution in [0.5, 0.6) is 0 Å². The van der Waals surface area contributed by atoms with Crippen molar-refractivity contribution in [1.82, 2.24) is 21.3 Å². The number of hydrogen-bond donors (Lipinski definition) is 4. The maximum absolute atomic E-state index is 11.9. The molecule has 3 atom stereocenters. The summed E-state index contributed by atoms with van der Waals surface area (Å²) in [6, 6.07) is -1.74. The average molecular weight is 444 g/mol. The third-order valence-electron chi connectivity index (χ3n) is 3.43. The molecule has 0 heterocycles. The zero-order chi connectivity index (χ0) is 19.7. The van der Waals surface area contributed by atoms with Gasteiger partial charge in [0.2, 0.25) is 11.8 Å². The van der Waals surface area contributed by atoms with Gasteiger partial charge in [-0.15, -0.1) is 0 Å². The Morgan fingerprint density at radius 1 is 0.731 bits per heavy atom. The van der Waals surface area contributed by atoms with Gasteiger partial charge >= 0.3 is 0 Å². The fraction of sp³-hybridized carbons (Fsp3) is 0.706. The van der Waals surface area contributed by atoms with E-state index in [-0.39, 0.29) is 56.4 Å². The van der Waals surface area contributed by atoms with Gasteiger partial charge in [0.05, 0.1) is 12.1 Å². The second-order valence-corrected chi connectivity index (χ2v) is 6.71. The maximum atomic E-state index is 11.9. The van der Waals surface area contributed by atoms with Gasteiger partial charge in [0, 0.05) is 44.7 Å². The fourth-order valence-corrected chi connectivity index (χ4v) is 2.07. The van der Waals surface area contributed by atoms with Crippen LogP contribution in [0.15, 0.2) is 0 Å². The zero-order valence-corrected chi connectivity index (χ0v) is 19.5. The summed E-state index contributed by atoms with van der Waals surface area (Å²) in [5, 5.41) is 10.4. The number of rotatable bonds is 10. The zero-order valence-electron chi connectivity index (χ0n) is 16.7. The molecule has 0 aliphatic heterocycles. The molecule has 0 rings (SSSR count). The van der Waals surface area contributed by atoms with E-state index in [1.165, 1.54) is 6.92 Å². The Hall–Kier alpha value is -0.986. The number of Topliss-reactive ketones (excluding diaryl/α,β-unsaturated/α-hetero) is 1. The SMILES string of the molecule is CC(C)N[C@H](C)C(=O)N[C@H](C)C(=O)N[CH-]C(=O)N[C@H](C)C(=O)C(C)C.[Y]. The van der Waals surface area contributed by atoms with Crippen molar-refractivity contribution in [3.8, 4) is 0 Å². The molecule has 0 bridgehead atoms. The van der Waals surface area contributed by atoms with Crippen molar-refractivity contribution in [2.75, 3.05) is 0 Å². The third-order valence-corrected chi connectivity index (χ3v) is 3.43. The summed E-state index contributed by atoms with van der Waals surface area (Å²) >= 11 is 0. The molecule has 0 aromatic carbocycles. The van der Waals surface area contributed by atoms with Crippen molar-refractivity contribution in [1.29, 1.82) is 0 Å². The topological polar surface area (TPSA) is 116 Å². The number of carbonyl (C=O) groups is 4. The first kappa shape index (κ1) is 27.2. The molecule has 0 fully saturated rings. The Kier molecular flexibility index (Phi) is 13.9. The molecular weight excluding hydrogens is 413 g/mol. The van der Waals surface area contributed by atoms with Gasteiger partial charge in [0.1, 0.15) is 11.9 Å². The van der Waals surface area contributed by atoms with Crippen molar-refractivity contribution < 1.29 is 51.9 Å². The average Bonchev–Trinajstić information content (AvgIpc) is 2.50. The van der Waals surface area contributed by atoms with Gasteiger partial charge in [-0.05, 0) is 20.8 Å². The number of nitrogens with one attached hydrogen (secondary N) is 4. The van der Waals surface area contributed by atoms with E-state index in [2.05, 4.69) is 21.3 Å². The predicted octanol–water partition coefficient (Wildman–Crippen LogP) is -0.117. The molecule has 0 saturated carbocycles. The monoisotopic (exact) mass is 444 g/mol. The Bertz CT molecular complexity index is 497. The maximum Gasteiger partial charge on any atom is 0.237 e. The van der Waals surface area contributed by atoms with Crippen LogP contribution in [0, 0.1) is 12.5 Å². The standard InChI is InChI=1S/C17H31N4O4.Y/c1-9(2)15(23)11(5)20-14(22)8-18-16(24)12(6)21-17(25)13(7)19-10(3)4;/h8-13,19H,1-7H3,(H,18,24)(H,20,22)(H,21,25);/q-1;/t11-,12-,13-;/m1./s1. The Balaban J connectivity index is 0. The Morgan fingerprint density at radius 2 is 1.27 bits per heavy atom. The van der Waals surface area contributed by atoms with Gasteiger partial charge in [-0.2, -0.15) is 0 Å². The minimum absolute atomic E-state index is 0. The Morgan fingerprint density at radius 3 is 1.73 bits per heavy atom. The van der Waals surface area contributed by atoms with Crippen LogP contribution in [0.2, 0.25) is 0 Å². The molecule has 0 aromatic heterocycles. The van der Waals surface area contributed by atoms with Crippen LogP contribution in [-0.2, 0) is 51.9 Å². The van der Waals surface area contributed by atoms with Crippen molar-refractivity contribution >= 4 is 23.5 Å². The number of amides is 3. The van der Waals surface area contributed by atoms with Crippen molar-refractivity contribution in [3.05, 3.63) is 6.54 Å². The van der Waals surface area contributed by atoms with E-state index < -0.39 is 29.9 Å². The van der Waals surface area contributed by atoms with Crippen LogP contribution < -0.4 is 21.3 Å². The van der Waals surface area contributed by atoms with Gasteiger partial charge in [-0.25, -0.2) is 6.54 Å². The third kappa shape index (κ3) is 10.9. The number of carbonyl (C=O) groups excluding carboxylic acids is 4. The molecule has 4 N–H and O–H groups in total. The minimum atomic E-state index is -0.803. The normalized spacial score (nSPS) is 13.9. The summed E-state index contributed by atoms with van der Waals surface area (Å²) in [7, 11) is 0. The van der Waals surface area contributed by atoms with E-state index in [0.29, 0.717) is 0 Å². The minimum Gasteiger partial charge on any atom is -0.480 e. The largest absolute Gasteiger partial charge is 0.480 e. The van der Waals surface area contributed by atoms with Gasteiger partial charge in [-0.3, -0.25) is 14.4 Å². The first-order valence-corrected chi connectivity index (χ1v) is 8.49. The van der Waals surface area contributed by atoms with E-state index >= 15 is 0 Å².